The van der Waals surface area contributed by atoms with Gasteiger partial charge in [-0.25, -0.2) is 9.18 Å². The Morgan fingerprint density at radius 3 is 2.83 bits per heavy atom. The Hall–Kier alpha value is -1.04. The molecule has 1 aromatic carbocycles. The van der Waals surface area contributed by atoms with Gasteiger partial charge >= 0.3 is 5.97 Å². The van der Waals surface area contributed by atoms with Gasteiger partial charge in [0.15, 0.2) is 0 Å². The smallest absolute Gasteiger partial charge is 0.345 e. The van der Waals surface area contributed by atoms with Crippen LogP contribution in [0.1, 0.15) is 15.2 Å². The van der Waals surface area contributed by atoms with E-state index in [1.54, 1.807) is 17.5 Å². The molecule has 0 bridgehead atoms. The summed E-state index contributed by atoms with van der Waals surface area (Å²) in [7, 11) is 0. The van der Waals surface area contributed by atoms with Gasteiger partial charge in [-0.1, -0.05) is 17.7 Å². The van der Waals surface area contributed by atoms with Crippen molar-refractivity contribution in [1.82, 2.24) is 0 Å². The van der Waals surface area contributed by atoms with Crippen molar-refractivity contribution in [3.05, 3.63) is 50.9 Å². The van der Waals surface area contributed by atoms with E-state index in [1.165, 1.54) is 35.2 Å². The number of aromatic carboxylic acids is 1. The lowest BCUT2D eigenvalue weighted by molar-refractivity contribution is 0.0702. The normalized spacial score (nSPS) is 10.6. The van der Waals surface area contributed by atoms with Gasteiger partial charge in [0.05, 0.1) is 5.02 Å². The number of rotatable bonds is 4. The molecule has 6 heteroatoms. The standard InChI is InChI=1S/C12H8ClFO2S2/c13-9-2-1-7(3-10(9)14)5-17-8-4-11(12(15)16)18-6-8/h1-4,6H,5H2,(H,15,16). The van der Waals surface area contributed by atoms with Crippen LogP contribution in [0.5, 0.6) is 0 Å². The molecule has 0 atom stereocenters. The molecule has 1 N–H and O–H groups in total. The summed E-state index contributed by atoms with van der Waals surface area (Å²) in [6, 6.07) is 6.27. The quantitative estimate of drug-likeness (QED) is 0.843. The van der Waals surface area contributed by atoms with Crippen LogP contribution in [0.15, 0.2) is 34.5 Å². The predicted octanol–water partition coefficient (Wildman–Crippen LogP) is 4.53. The second-order valence-corrected chi connectivity index (χ2v) is 5.86. The molecule has 1 aromatic heterocycles. The Balaban J connectivity index is 2.02. The van der Waals surface area contributed by atoms with Crippen LogP contribution in [-0.4, -0.2) is 11.1 Å². The molecule has 18 heavy (non-hydrogen) atoms. The first-order valence-corrected chi connectivity index (χ1v) is 7.19. The highest BCUT2D eigenvalue weighted by molar-refractivity contribution is 7.98. The van der Waals surface area contributed by atoms with Gasteiger partial charge in [0.1, 0.15) is 10.7 Å². The minimum Gasteiger partial charge on any atom is -0.477 e. The van der Waals surface area contributed by atoms with Crippen LogP contribution in [0.4, 0.5) is 4.39 Å². The molecule has 0 aliphatic rings. The minimum absolute atomic E-state index is 0.104. The number of thiophene rings is 1. The van der Waals surface area contributed by atoms with E-state index in [0.29, 0.717) is 10.6 Å². The lowest BCUT2D eigenvalue weighted by Crippen LogP contribution is -1.89. The van der Waals surface area contributed by atoms with Crippen LogP contribution in [-0.2, 0) is 5.75 Å². The van der Waals surface area contributed by atoms with Gasteiger partial charge in [0.2, 0.25) is 0 Å². The number of carbonyl (C=O) groups is 1. The number of carboxylic acids is 1. The molecule has 94 valence electrons. The number of carboxylic acid groups (broad SMARTS) is 1. The predicted molar refractivity (Wildman–Crippen MR) is 72.2 cm³/mol. The molecule has 0 aliphatic heterocycles. The molecule has 0 aliphatic carbocycles. The van der Waals surface area contributed by atoms with Crippen LogP contribution in [0.3, 0.4) is 0 Å². The van der Waals surface area contributed by atoms with Gasteiger partial charge in [-0.15, -0.1) is 23.1 Å². The molecule has 0 saturated heterocycles. The summed E-state index contributed by atoms with van der Waals surface area (Å²) in [5.41, 5.74) is 0.810. The molecule has 0 unspecified atom stereocenters. The Bertz CT molecular complexity index is 583. The van der Waals surface area contributed by atoms with Gasteiger partial charge in [0.25, 0.3) is 0 Å². The van der Waals surface area contributed by atoms with E-state index in [2.05, 4.69) is 0 Å². The van der Waals surface area contributed by atoms with Crippen molar-refractivity contribution in [1.29, 1.82) is 0 Å². The fraction of sp³-hybridized carbons (Fsp3) is 0.0833. The van der Waals surface area contributed by atoms with Crippen molar-refractivity contribution in [3.63, 3.8) is 0 Å². The number of benzene rings is 1. The van der Waals surface area contributed by atoms with Crippen molar-refractivity contribution in [2.75, 3.05) is 0 Å². The van der Waals surface area contributed by atoms with Crippen LogP contribution < -0.4 is 0 Å². The van der Waals surface area contributed by atoms with Gasteiger partial charge < -0.3 is 5.11 Å². The maximum Gasteiger partial charge on any atom is 0.345 e. The van der Waals surface area contributed by atoms with E-state index < -0.39 is 11.8 Å². The maximum atomic E-state index is 13.2. The lowest BCUT2D eigenvalue weighted by atomic mass is 10.2. The highest BCUT2D eigenvalue weighted by atomic mass is 35.5. The highest BCUT2D eigenvalue weighted by Gasteiger charge is 2.07. The minimum atomic E-state index is -0.926. The Morgan fingerprint density at radius 2 is 2.22 bits per heavy atom. The number of halogens is 2. The van der Waals surface area contributed by atoms with E-state index in [1.807, 2.05) is 0 Å². The topological polar surface area (TPSA) is 37.3 Å². The molecule has 0 amide bonds. The van der Waals surface area contributed by atoms with Gasteiger partial charge in [-0.2, -0.15) is 0 Å². The van der Waals surface area contributed by atoms with Gasteiger partial charge in [-0.05, 0) is 23.8 Å². The molecular weight excluding hydrogens is 295 g/mol. The average Bonchev–Trinajstić information content (AvgIpc) is 2.79. The monoisotopic (exact) mass is 302 g/mol. The molecule has 1 heterocycles. The van der Waals surface area contributed by atoms with Gasteiger partial charge in [-0.3, -0.25) is 0 Å². The number of hydrogen-bond acceptors (Lipinski definition) is 3. The van der Waals surface area contributed by atoms with E-state index in [4.69, 9.17) is 16.7 Å². The van der Waals surface area contributed by atoms with Crippen molar-refractivity contribution in [3.8, 4) is 0 Å². The first-order chi connectivity index (χ1) is 8.56. The maximum absolute atomic E-state index is 13.2. The van der Waals surface area contributed by atoms with Crippen molar-refractivity contribution < 1.29 is 14.3 Å². The summed E-state index contributed by atoms with van der Waals surface area (Å²) in [5, 5.41) is 10.7. The van der Waals surface area contributed by atoms with E-state index >= 15 is 0 Å². The lowest BCUT2D eigenvalue weighted by Gasteiger charge is -2.01. The molecule has 0 spiro atoms. The molecule has 2 nitrogen and oxygen atoms in total. The zero-order valence-electron chi connectivity index (χ0n) is 9.02. The van der Waals surface area contributed by atoms with Crippen LogP contribution >= 0.6 is 34.7 Å². The van der Waals surface area contributed by atoms with Crippen LogP contribution in [0, 0.1) is 5.82 Å². The number of hydrogen-bond donors (Lipinski definition) is 1. The third kappa shape index (κ3) is 3.25. The fourth-order valence-corrected chi connectivity index (χ4v) is 3.23. The van der Waals surface area contributed by atoms with Crippen LogP contribution in [0.2, 0.25) is 5.02 Å². The SMILES string of the molecule is O=C(O)c1cc(SCc2ccc(Cl)c(F)c2)cs1. The summed E-state index contributed by atoms with van der Waals surface area (Å²) < 4.78 is 13.2. The van der Waals surface area contributed by atoms with Crippen LogP contribution in [0.25, 0.3) is 0 Å². The second kappa shape index (κ2) is 5.73. The highest BCUT2D eigenvalue weighted by Crippen LogP contribution is 2.28. The zero-order valence-corrected chi connectivity index (χ0v) is 11.4. The largest absolute Gasteiger partial charge is 0.477 e. The number of thioether (sulfide) groups is 1. The summed E-state index contributed by atoms with van der Waals surface area (Å²) in [6.45, 7) is 0. The van der Waals surface area contributed by atoms with Crippen molar-refractivity contribution >= 4 is 40.7 Å². The molecule has 2 rings (SSSR count). The summed E-state index contributed by atoms with van der Waals surface area (Å²) in [4.78, 5) is 11.9. The first-order valence-electron chi connectivity index (χ1n) is 4.95. The molecular formula is C12H8ClFO2S2. The Labute approximate surface area is 116 Å². The van der Waals surface area contributed by atoms with E-state index in [9.17, 15) is 9.18 Å². The molecule has 0 radical (unpaired) electrons. The Morgan fingerprint density at radius 1 is 1.44 bits per heavy atom. The summed E-state index contributed by atoms with van der Waals surface area (Å²) in [5.74, 6) is -0.792. The Kier molecular flexibility index (Phi) is 4.27. The summed E-state index contributed by atoms with van der Waals surface area (Å²) >= 11 is 8.24. The molecule has 2 aromatic rings. The van der Waals surface area contributed by atoms with Crippen molar-refractivity contribution in [2.24, 2.45) is 0 Å². The van der Waals surface area contributed by atoms with E-state index in [0.717, 1.165) is 10.5 Å². The van der Waals surface area contributed by atoms with Crippen molar-refractivity contribution in [2.45, 2.75) is 10.6 Å². The first kappa shape index (κ1) is 13.4. The second-order valence-electron chi connectivity index (χ2n) is 3.49. The average molecular weight is 303 g/mol. The van der Waals surface area contributed by atoms with Gasteiger partial charge in [0, 0.05) is 16.0 Å². The third-order valence-corrected chi connectivity index (χ3v) is 4.60. The zero-order chi connectivity index (χ0) is 13.1. The fourth-order valence-electron chi connectivity index (χ4n) is 1.30. The molecule has 0 fully saturated rings. The third-order valence-electron chi connectivity index (χ3n) is 2.18. The van der Waals surface area contributed by atoms with E-state index in [-0.39, 0.29) is 5.02 Å². The molecule has 0 saturated carbocycles. The summed E-state index contributed by atoms with van der Waals surface area (Å²) in [6.07, 6.45) is 0.